The molecule has 0 aliphatic carbocycles. The number of nitrogens with zero attached hydrogens (tertiary/aromatic N) is 1. The topological polar surface area (TPSA) is 65.9 Å². The van der Waals surface area contributed by atoms with Crippen LogP contribution in [0.2, 0.25) is 0 Å². The summed E-state index contributed by atoms with van der Waals surface area (Å²) in [6.45, 7) is 4.04. The highest BCUT2D eigenvalue weighted by Gasteiger charge is 2.19. The van der Waals surface area contributed by atoms with E-state index in [4.69, 9.17) is 4.74 Å². The number of hydrogen-bond donors (Lipinski definition) is 1. The molecule has 1 heterocycles. The number of methoxy groups -OCH3 is 1. The van der Waals surface area contributed by atoms with E-state index in [2.05, 4.69) is 4.98 Å². The predicted molar refractivity (Wildman–Crippen MR) is 77.9 cm³/mol. The Balaban J connectivity index is 2.88. The zero-order valence-corrected chi connectivity index (χ0v) is 11.7. The van der Waals surface area contributed by atoms with E-state index in [1.54, 1.807) is 13.3 Å². The minimum atomic E-state index is -0.377. The summed E-state index contributed by atoms with van der Waals surface area (Å²) in [6.07, 6.45) is 1.68. The Kier molecular flexibility index (Phi) is 3.90. The molecule has 0 spiro atoms. The molecule has 20 heavy (non-hydrogen) atoms. The summed E-state index contributed by atoms with van der Waals surface area (Å²) in [5, 5.41) is 9.32. The molecule has 0 saturated heterocycles. The average Bonchev–Trinajstić information content (AvgIpc) is 2.46. The van der Waals surface area contributed by atoms with Gasteiger partial charge in [-0.3, -0.25) is 4.79 Å². The third kappa shape index (κ3) is 2.30. The van der Waals surface area contributed by atoms with Crippen LogP contribution in [0.3, 0.4) is 0 Å². The van der Waals surface area contributed by atoms with Gasteiger partial charge in [-0.05, 0) is 17.5 Å². The zero-order chi connectivity index (χ0) is 14.7. The van der Waals surface area contributed by atoms with Crippen LogP contribution in [-0.4, -0.2) is 12.1 Å². The Morgan fingerprint density at radius 3 is 2.60 bits per heavy atom. The first-order valence-corrected chi connectivity index (χ1v) is 6.39. The molecule has 0 amide bonds. The minimum absolute atomic E-state index is 0.126. The lowest BCUT2D eigenvalue weighted by molar-refractivity contribution is 0.416. The first-order valence-electron chi connectivity index (χ1n) is 6.39. The molecule has 4 heteroatoms. The first-order chi connectivity index (χ1) is 9.60. The molecule has 2 rings (SSSR count). The van der Waals surface area contributed by atoms with Crippen molar-refractivity contribution in [3.8, 4) is 22.9 Å². The van der Waals surface area contributed by atoms with Crippen LogP contribution >= 0.6 is 0 Å². The monoisotopic (exact) mass is 268 g/mol. The Morgan fingerprint density at radius 2 is 2.00 bits per heavy atom. The van der Waals surface area contributed by atoms with E-state index in [-0.39, 0.29) is 17.0 Å². The van der Waals surface area contributed by atoms with Gasteiger partial charge in [-0.1, -0.05) is 32.0 Å². The smallest absolute Gasteiger partial charge is 0.266 e. The van der Waals surface area contributed by atoms with Crippen molar-refractivity contribution in [3.63, 3.8) is 0 Å². The second-order valence-corrected chi connectivity index (χ2v) is 4.79. The fourth-order valence-electron chi connectivity index (χ4n) is 2.25. The van der Waals surface area contributed by atoms with Crippen molar-refractivity contribution in [3.05, 3.63) is 51.9 Å². The minimum Gasteiger partial charge on any atom is -0.496 e. The van der Waals surface area contributed by atoms with Crippen LogP contribution in [0.5, 0.6) is 5.75 Å². The number of hydrogen-bond acceptors (Lipinski definition) is 3. The highest BCUT2D eigenvalue weighted by molar-refractivity contribution is 5.78. The van der Waals surface area contributed by atoms with Crippen LogP contribution in [0.4, 0.5) is 0 Å². The normalized spacial score (nSPS) is 10.3. The second-order valence-electron chi connectivity index (χ2n) is 4.79. The van der Waals surface area contributed by atoms with Crippen molar-refractivity contribution in [1.82, 2.24) is 4.98 Å². The third-order valence-electron chi connectivity index (χ3n) is 3.23. The first kappa shape index (κ1) is 13.9. The Morgan fingerprint density at radius 1 is 1.30 bits per heavy atom. The molecule has 2 aromatic rings. The fourth-order valence-corrected chi connectivity index (χ4v) is 2.25. The molecule has 0 saturated carbocycles. The standard InChI is InChI=1S/C16H16N2O2/c1-10(2)13-9-18-16(19)12(8-17)15(13)11-6-4-5-7-14(11)20-3/h4-7,9-10H,1-3H3,(H,18,19). The summed E-state index contributed by atoms with van der Waals surface area (Å²) in [5.74, 6) is 0.829. The van der Waals surface area contributed by atoms with Crippen molar-refractivity contribution in [2.24, 2.45) is 0 Å². The van der Waals surface area contributed by atoms with E-state index in [9.17, 15) is 10.1 Å². The quantitative estimate of drug-likeness (QED) is 0.930. The average molecular weight is 268 g/mol. The van der Waals surface area contributed by atoms with Crippen molar-refractivity contribution >= 4 is 0 Å². The van der Waals surface area contributed by atoms with Gasteiger partial charge in [-0.25, -0.2) is 0 Å². The summed E-state index contributed by atoms with van der Waals surface area (Å²) in [7, 11) is 1.58. The van der Waals surface area contributed by atoms with Gasteiger partial charge in [0.05, 0.1) is 7.11 Å². The van der Waals surface area contributed by atoms with Gasteiger partial charge in [-0.15, -0.1) is 0 Å². The van der Waals surface area contributed by atoms with Crippen LogP contribution in [0.1, 0.15) is 30.9 Å². The number of nitriles is 1. The van der Waals surface area contributed by atoms with E-state index in [0.29, 0.717) is 11.3 Å². The summed E-state index contributed by atoms with van der Waals surface area (Å²) in [4.78, 5) is 14.5. The highest BCUT2D eigenvalue weighted by Crippen LogP contribution is 2.35. The largest absolute Gasteiger partial charge is 0.496 e. The molecule has 0 fully saturated rings. The lowest BCUT2D eigenvalue weighted by Gasteiger charge is -2.16. The SMILES string of the molecule is COc1ccccc1-c1c(C(C)C)c[nH]c(=O)c1C#N. The number of rotatable bonds is 3. The zero-order valence-electron chi connectivity index (χ0n) is 11.7. The number of H-pyrrole nitrogens is 1. The molecule has 1 aromatic carbocycles. The van der Waals surface area contributed by atoms with Gasteiger partial charge >= 0.3 is 0 Å². The number of aromatic nitrogens is 1. The van der Waals surface area contributed by atoms with Crippen molar-refractivity contribution in [2.45, 2.75) is 19.8 Å². The van der Waals surface area contributed by atoms with E-state index >= 15 is 0 Å². The van der Waals surface area contributed by atoms with Crippen LogP contribution in [-0.2, 0) is 0 Å². The number of pyridine rings is 1. The third-order valence-corrected chi connectivity index (χ3v) is 3.23. The maximum absolute atomic E-state index is 11.9. The van der Waals surface area contributed by atoms with E-state index in [1.165, 1.54) is 0 Å². The molecule has 0 aliphatic rings. The molecule has 4 nitrogen and oxygen atoms in total. The molecular formula is C16H16N2O2. The summed E-state index contributed by atoms with van der Waals surface area (Å²) in [5.41, 5.74) is 2.09. The number of benzene rings is 1. The Labute approximate surface area is 117 Å². The number of nitrogens with one attached hydrogen (secondary N) is 1. The number of ether oxygens (including phenoxy) is 1. The number of aromatic amines is 1. The van der Waals surface area contributed by atoms with E-state index in [0.717, 1.165) is 11.1 Å². The molecule has 0 unspecified atom stereocenters. The van der Waals surface area contributed by atoms with Crippen LogP contribution in [0.25, 0.3) is 11.1 Å². The Hall–Kier alpha value is -2.54. The number of para-hydroxylation sites is 1. The van der Waals surface area contributed by atoms with Crippen molar-refractivity contribution in [2.75, 3.05) is 7.11 Å². The van der Waals surface area contributed by atoms with Crippen LogP contribution < -0.4 is 10.3 Å². The molecule has 0 bridgehead atoms. The van der Waals surface area contributed by atoms with E-state index in [1.807, 2.05) is 44.2 Å². The fraction of sp³-hybridized carbons (Fsp3) is 0.250. The molecular weight excluding hydrogens is 252 g/mol. The van der Waals surface area contributed by atoms with Crippen molar-refractivity contribution < 1.29 is 4.74 Å². The second kappa shape index (κ2) is 5.62. The lowest BCUT2D eigenvalue weighted by Crippen LogP contribution is -2.14. The molecule has 0 aliphatic heterocycles. The van der Waals surface area contributed by atoms with Gasteiger partial charge in [-0.2, -0.15) is 5.26 Å². The molecule has 1 N–H and O–H groups in total. The highest BCUT2D eigenvalue weighted by atomic mass is 16.5. The molecule has 0 radical (unpaired) electrons. The predicted octanol–water partition coefficient (Wildman–Crippen LogP) is 3.05. The molecule has 1 aromatic heterocycles. The summed E-state index contributed by atoms with van der Waals surface area (Å²) in [6, 6.07) is 9.42. The van der Waals surface area contributed by atoms with Gasteiger partial charge in [0.1, 0.15) is 17.4 Å². The molecule has 102 valence electrons. The van der Waals surface area contributed by atoms with Gasteiger partial charge in [0, 0.05) is 17.3 Å². The maximum atomic E-state index is 11.9. The maximum Gasteiger partial charge on any atom is 0.266 e. The van der Waals surface area contributed by atoms with Crippen molar-refractivity contribution in [1.29, 1.82) is 5.26 Å². The van der Waals surface area contributed by atoms with E-state index < -0.39 is 0 Å². The lowest BCUT2D eigenvalue weighted by atomic mass is 9.90. The van der Waals surface area contributed by atoms with Gasteiger partial charge in [0.25, 0.3) is 5.56 Å². The Bertz CT molecular complexity index is 724. The van der Waals surface area contributed by atoms with Crippen LogP contribution in [0.15, 0.2) is 35.3 Å². The van der Waals surface area contributed by atoms with Crippen LogP contribution in [0, 0.1) is 11.3 Å². The van der Waals surface area contributed by atoms with Gasteiger partial charge in [0.2, 0.25) is 0 Å². The van der Waals surface area contributed by atoms with Gasteiger partial charge in [0.15, 0.2) is 0 Å². The molecule has 0 atom stereocenters. The summed E-state index contributed by atoms with van der Waals surface area (Å²) >= 11 is 0. The summed E-state index contributed by atoms with van der Waals surface area (Å²) < 4.78 is 5.35. The van der Waals surface area contributed by atoms with Gasteiger partial charge < -0.3 is 9.72 Å².